The van der Waals surface area contributed by atoms with Crippen LogP contribution < -0.4 is 16.0 Å². The second kappa shape index (κ2) is 10.3. The largest absolute Gasteiger partial charge is 0.356 e. The van der Waals surface area contributed by atoms with Crippen LogP contribution >= 0.6 is 0 Å². The van der Waals surface area contributed by atoms with Gasteiger partial charge in [-0.05, 0) is 73.5 Å². The monoisotopic (exact) mass is 479 g/mol. The third kappa shape index (κ3) is 5.47. The first-order valence-electron chi connectivity index (χ1n) is 12.5. The topological polar surface area (TPSA) is 90.6 Å². The highest BCUT2D eigenvalue weighted by molar-refractivity contribution is 5.75. The molecule has 0 unspecified atom stereocenters. The van der Waals surface area contributed by atoms with Crippen LogP contribution in [-0.2, 0) is 18.4 Å². The first-order valence-corrected chi connectivity index (χ1v) is 12.5. The predicted octanol–water partition coefficient (Wildman–Crippen LogP) is 5.72. The molecule has 184 valence electrons. The number of benzene rings is 2. The smallest absolute Gasteiger partial charge is 0.153 e. The van der Waals surface area contributed by atoms with Crippen molar-refractivity contribution in [3.05, 3.63) is 102 Å². The molecule has 0 spiro atoms. The first kappa shape index (κ1) is 23.8. The molecule has 0 amide bonds. The van der Waals surface area contributed by atoms with Crippen LogP contribution in [0.5, 0.6) is 0 Å². The fourth-order valence-electron chi connectivity index (χ4n) is 4.60. The van der Waals surface area contributed by atoms with Gasteiger partial charge in [-0.3, -0.25) is 10.1 Å². The van der Waals surface area contributed by atoms with Gasteiger partial charge in [0, 0.05) is 41.1 Å². The highest BCUT2D eigenvalue weighted by Gasteiger charge is 2.43. The zero-order chi connectivity index (χ0) is 25.0. The van der Waals surface area contributed by atoms with Crippen LogP contribution in [0.4, 0.5) is 17.3 Å². The van der Waals surface area contributed by atoms with Crippen LogP contribution in [0.3, 0.4) is 0 Å². The van der Waals surface area contributed by atoms with Crippen molar-refractivity contribution < 1.29 is 0 Å². The number of aryl methyl sites for hydroxylation is 3. The van der Waals surface area contributed by atoms with Crippen LogP contribution in [0.1, 0.15) is 47.7 Å². The average Bonchev–Trinajstić information content (AvgIpc) is 3.55. The Morgan fingerprint density at radius 1 is 1.03 bits per heavy atom. The van der Waals surface area contributed by atoms with E-state index < -0.39 is 0 Å². The van der Waals surface area contributed by atoms with Crippen LogP contribution in [0.15, 0.2) is 73.7 Å². The Kier molecular flexibility index (Phi) is 6.82. The van der Waals surface area contributed by atoms with E-state index in [1.165, 1.54) is 29.5 Å². The predicted molar refractivity (Wildman–Crippen MR) is 146 cm³/mol. The lowest BCUT2D eigenvalue weighted by molar-refractivity contribution is 0.539. The van der Waals surface area contributed by atoms with E-state index in [1.54, 1.807) is 18.6 Å². The summed E-state index contributed by atoms with van der Waals surface area (Å²) < 4.78 is 0. The number of nitrogens with zero attached hydrogens (tertiary/aromatic N) is 3. The number of aromatic amines is 1. The summed E-state index contributed by atoms with van der Waals surface area (Å²) >= 11 is 0. The molecule has 2 aromatic heterocycles. The maximum Gasteiger partial charge on any atom is 0.153 e. The van der Waals surface area contributed by atoms with Crippen molar-refractivity contribution in [2.75, 3.05) is 17.2 Å². The molecule has 4 aromatic rings. The zero-order valence-corrected chi connectivity index (χ0v) is 20.9. The van der Waals surface area contributed by atoms with Gasteiger partial charge in [-0.25, -0.2) is 4.98 Å². The highest BCUT2D eigenvalue weighted by atomic mass is 15.2. The molecule has 4 N–H and O–H groups in total. The number of rotatable bonds is 11. The van der Waals surface area contributed by atoms with E-state index in [4.69, 9.17) is 0 Å². The molecule has 7 heteroatoms. The second-order valence-corrected chi connectivity index (χ2v) is 9.43. The lowest BCUT2D eigenvalue weighted by Crippen LogP contribution is -2.28. The SMILES string of the molecule is C=C(Nc1ccc(C)c(CCc2cc(Nc3cnccn3)n[nH]2)c1)c1ccc(C2(NCC)CC2)cc1. The Bertz CT molecular complexity index is 1320. The summed E-state index contributed by atoms with van der Waals surface area (Å²) in [4.78, 5) is 8.29. The van der Waals surface area contributed by atoms with E-state index in [-0.39, 0.29) is 5.54 Å². The molecule has 1 fully saturated rings. The Balaban J connectivity index is 1.19. The van der Waals surface area contributed by atoms with Gasteiger partial charge in [-0.15, -0.1) is 0 Å². The molecule has 2 heterocycles. The number of H-pyrrole nitrogens is 1. The van der Waals surface area contributed by atoms with Crippen molar-refractivity contribution in [2.45, 2.75) is 45.1 Å². The van der Waals surface area contributed by atoms with E-state index >= 15 is 0 Å². The molecule has 5 rings (SSSR count). The standard InChI is InChI=1S/C29H33N7/c1-4-32-29(13-14-29)24-9-6-22(7-10-24)21(3)33-25-11-5-20(2)23(17-25)8-12-26-18-27(36-35-26)34-28-19-30-15-16-31-28/h5-7,9-11,15-19,32-33H,3-4,8,12-14H2,1-2H3,(H2,31,34,35,36). The minimum Gasteiger partial charge on any atom is -0.356 e. The van der Waals surface area contributed by atoms with E-state index in [0.29, 0.717) is 5.82 Å². The molecular formula is C29H33N7. The van der Waals surface area contributed by atoms with E-state index in [9.17, 15) is 0 Å². The molecule has 0 radical (unpaired) electrons. The first-order chi connectivity index (χ1) is 17.5. The summed E-state index contributed by atoms with van der Waals surface area (Å²) in [5.41, 5.74) is 8.24. The summed E-state index contributed by atoms with van der Waals surface area (Å²) in [6.07, 6.45) is 9.15. The second-order valence-electron chi connectivity index (χ2n) is 9.43. The van der Waals surface area contributed by atoms with E-state index in [1.807, 2.05) is 6.07 Å². The lowest BCUT2D eigenvalue weighted by Gasteiger charge is -2.18. The normalized spacial score (nSPS) is 13.8. The van der Waals surface area contributed by atoms with Crippen LogP contribution in [-0.4, -0.2) is 26.7 Å². The number of aromatic nitrogens is 4. The van der Waals surface area contributed by atoms with Gasteiger partial charge in [-0.2, -0.15) is 5.10 Å². The molecule has 36 heavy (non-hydrogen) atoms. The summed E-state index contributed by atoms with van der Waals surface area (Å²) in [5, 5.41) is 17.8. The van der Waals surface area contributed by atoms with Gasteiger partial charge in [0.05, 0.1) is 6.20 Å². The highest BCUT2D eigenvalue weighted by Crippen LogP contribution is 2.45. The maximum atomic E-state index is 4.34. The van der Waals surface area contributed by atoms with Crippen molar-refractivity contribution in [3.8, 4) is 0 Å². The molecular weight excluding hydrogens is 446 g/mol. The van der Waals surface area contributed by atoms with E-state index in [2.05, 4.69) is 99.0 Å². The molecule has 0 atom stereocenters. The van der Waals surface area contributed by atoms with Crippen molar-refractivity contribution in [1.82, 2.24) is 25.5 Å². The summed E-state index contributed by atoms with van der Waals surface area (Å²) in [6.45, 7) is 9.60. The van der Waals surface area contributed by atoms with Crippen molar-refractivity contribution in [1.29, 1.82) is 0 Å². The number of nitrogens with one attached hydrogen (secondary N) is 4. The minimum absolute atomic E-state index is 0.190. The third-order valence-corrected chi connectivity index (χ3v) is 6.81. The molecule has 0 aliphatic heterocycles. The number of hydrogen-bond acceptors (Lipinski definition) is 6. The summed E-state index contributed by atoms with van der Waals surface area (Å²) in [7, 11) is 0. The molecule has 0 saturated heterocycles. The van der Waals surface area contributed by atoms with Gasteiger partial charge >= 0.3 is 0 Å². The molecule has 2 aromatic carbocycles. The van der Waals surface area contributed by atoms with E-state index in [0.717, 1.165) is 47.8 Å². The van der Waals surface area contributed by atoms with Crippen molar-refractivity contribution in [3.63, 3.8) is 0 Å². The summed E-state index contributed by atoms with van der Waals surface area (Å²) in [5.74, 6) is 1.41. The Hall–Kier alpha value is -3.97. The van der Waals surface area contributed by atoms with Gasteiger partial charge in [0.1, 0.15) is 5.82 Å². The minimum atomic E-state index is 0.190. The fraction of sp³-hybridized carbons (Fsp3) is 0.276. The quantitative estimate of drug-likeness (QED) is 0.220. The maximum absolute atomic E-state index is 4.34. The number of hydrogen-bond donors (Lipinski definition) is 4. The van der Waals surface area contributed by atoms with Crippen LogP contribution in [0.25, 0.3) is 5.70 Å². The Morgan fingerprint density at radius 2 is 1.86 bits per heavy atom. The van der Waals surface area contributed by atoms with Gasteiger partial charge in [-0.1, -0.05) is 43.8 Å². The van der Waals surface area contributed by atoms with Crippen LogP contribution in [0.2, 0.25) is 0 Å². The third-order valence-electron chi connectivity index (χ3n) is 6.81. The lowest BCUT2D eigenvalue weighted by atomic mass is 10.0. The average molecular weight is 480 g/mol. The Labute approximate surface area is 212 Å². The summed E-state index contributed by atoms with van der Waals surface area (Å²) in [6, 6.07) is 17.3. The van der Waals surface area contributed by atoms with Gasteiger partial charge in [0.25, 0.3) is 0 Å². The Morgan fingerprint density at radius 3 is 2.58 bits per heavy atom. The molecule has 1 saturated carbocycles. The molecule has 1 aliphatic rings. The van der Waals surface area contributed by atoms with Crippen molar-refractivity contribution in [2.24, 2.45) is 0 Å². The fourth-order valence-corrected chi connectivity index (χ4v) is 4.60. The van der Waals surface area contributed by atoms with Gasteiger partial charge < -0.3 is 16.0 Å². The zero-order valence-electron chi connectivity index (χ0n) is 20.9. The molecule has 0 bridgehead atoms. The van der Waals surface area contributed by atoms with Crippen LogP contribution in [0, 0.1) is 6.92 Å². The number of anilines is 3. The molecule has 7 nitrogen and oxygen atoms in total. The van der Waals surface area contributed by atoms with Gasteiger partial charge in [0.2, 0.25) is 0 Å². The van der Waals surface area contributed by atoms with Gasteiger partial charge in [0.15, 0.2) is 5.82 Å². The van der Waals surface area contributed by atoms with Crippen molar-refractivity contribution >= 4 is 23.0 Å². The molecule has 1 aliphatic carbocycles.